The minimum Gasteiger partial charge on any atom is -0.490 e. The van der Waals surface area contributed by atoms with Gasteiger partial charge in [0.1, 0.15) is 0 Å². The fourth-order valence-electron chi connectivity index (χ4n) is 3.50. The standard InChI is InChI=1S/C22H26N4O5S/c1-2-12-26-18-7-4-3-6-17(18)24-22(26)25-21(27)10-11-23-32(28,29)16-8-9-19-20(15-16)31-14-5-13-30-19/h3-4,6-9,15,23H,2,5,10-14H2,1H3,(H,24,25,27). The van der Waals surface area contributed by atoms with Crippen molar-refractivity contribution in [3.05, 3.63) is 42.5 Å². The smallest absolute Gasteiger partial charge is 0.240 e. The van der Waals surface area contributed by atoms with Crippen LogP contribution in [-0.4, -0.2) is 43.6 Å². The first-order chi connectivity index (χ1) is 15.5. The van der Waals surface area contributed by atoms with E-state index in [0.29, 0.717) is 37.2 Å². The lowest BCUT2D eigenvalue weighted by atomic mass is 10.3. The van der Waals surface area contributed by atoms with Gasteiger partial charge in [0, 0.05) is 32.0 Å². The summed E-state index contributed by atoms with van der Waals surface area (Å²) < 4.78 is 40.8. The Morgan fingerprint density at radius 1 is 1.12 bits per heavy atom. The summed E-state index contributed by atoms with van der Waals surface area (Å²) in [5.74, 6) is 1.07. The predicted octanol–water partition coefficient (Wildman–Crippen LogP) is 2.91. The molecule has 3 aromatic rings. The minimum absolute atomic E-state index is 0.0287. The lowest BCUT2D eigenvalue weighted by Crippen LogP contribution is -2.28. The molecule has 0 saturated carbocycles. The van der Waals surface area contributed by atoms with Gasteiger partial charge >= 0.3 is 0 Å². The number of rotatable bonds is 8. The highest BCUT2D eigenvalue weighted by atomic mass is 32.2. The van der Waals surface area contributed by atoms with Crippen LogP contribution in [-0.2, 0) is 21.4 Å². The second-order valence-corrected chi connectivity index (χ2v) is 9.20. The Morgan fingerprint density at radius 2 is 1.91 bits per heavy atom. The lowest BCUT2D eigenvalue weighted by Gasteiger charge is -2.11. The van der Waals surface area contributed by atoms with Crippen LogP contribution in [0, 0.1) is 0 Å². The van der Waals surface area contributed by atoms with E-state index in [1.165, 1.54) is 12.1 Å². The van der Waals surface area contributed by atoms with Gasteiger partial charge in [-0.15, -0.1) is 0 Å². The molecule has 0 aliphatic carbocycles. The minimum atomic E-state index is -3.80. The molecule has 1 aliphatic rings. The Hall–Kier alpha value is -3.11. The summed E-state index contributed by atoms with van der Waals surface area (Å²) >= 11 is 0. The maximum absolute atomic E-state index is 12.6. The number of amides is 1. The number of sulfonamides is 1. The number of fused-ring (bicyclic) bond motifs is 2. The summed E-state index contributed by atoms with van der Waals surface area (Å²) in [5.41, 5.74) is 1.74. The van der Waals surface area contributed by atoms with Crippen molar-refractivity contribution < 1.29 is 22.7 Å². The fraction of sp³-hybridized carbons (Fsp3) is 0.364. The first-order valence-electron chi connectivity index (χ1n) is 10.6. The summed E-state index contributed by atoms with van der Waals surface area (Å²) in [6.45, 7) is 3.71. The molecule has 0 unspecified atom stereocenters. The first-order valence-corrected chi connectivity index (χ1v) is 12.1. The zero-order valence-corrected chi connectivity index (χ0v) is 18.7. The highest BCUT2D eigenvalue weighted by Crippen LogP contribution is 2.31. The van der Waals surface area contributed by atoms with Crippen LogP contribution in [0.3, 0.4) is 0 Å². The third-order valence-corrected chi connectivity index (χ3v) is 6.49. The predicted molar refractivity (Wildman–Crippen MR) is 121 cm³/mol. The quantitative estimate of drug-likeness (QED) is 0.537. The SMILES string of the molecule is CCCn1c(NC(=O)CCNS(=O)(=O)c2ccc3c(c2)OCCCO3)nc2ccccc21. The van der Waals surface area contributed by atoms with Gasteiger partial charge in [-0.2, -0.15) is 0 Å². The Balaban J connectivity index is 1.38. The zero-order chi connectivity index (χ0) is 22.6. The Labute approximate surface area is 186 Å². The normalized spacial score (nSPS) is 13.7. The van der Waals surface area contributed by atoms with Crippen LogP contribution in [0.1, 0.15) is 26.2 Å². The van der Waals surface area contributed by atoms with Crippen molar-refractivity contribution in [2.75, 3.05) is 25.1 Å². The maximum Gasteiger partial charge on any atom is 0.240 e. The molecule has 1 aromatic heterocycles. The molecular weight excluding hydrogens is 432 g/mol. The first kappa shape index (κ1) is 22.1. The van der Waals surface area contributed by atoms with Crippen LogP contribution in [0.4, 0.5) is 5.95 Å². The molecule has 0 fully saturated rings. The fourth-order valence-corrected chi connectivity index (χ4v) is 4.55. The number of nitrogens with zero attached hydrogens (tertiary/aromatic N) is 2. The molecule has 0 bridgehead atoms. The van der Waals surface area contributed by atoms with Gasteiger partial charge in [-0.1, -0.05) is 19.1 Å². The van der Waals surface area contributed by atoms with Crippen LogP contribution in [0.2, 0.25) is 0 Å². The number of aryl methyl sites for hydroxylation is 1. The summed E-state index contributed by atoms with van der Waals surface area (Å²) in [6.07, 6.45) is 1.59. The van der Waals surface area contributed by atoms with Crippen molar-refractivity contribution in [1.82, 2.24) is 14.3 Å². The molecule has 0 radical (unpaired) electrons. The van der Waals surface area contributed by atoms with E-state index in [2.05, 4.69) is 21.9 Å². The Morgan fingerprint density at radius 3 is 2.72 bits per heavy atom. The molecule has 170 valence electrons. The van der Waals surface area contributed by atoms with Crippen molar-refractivity contribution in [1.29, 1.82) is 0 Å². The average molecular weight is 459 g/mol. The van der Waals surface area contributed by atoms with E-state index >= 15 is 0 Å². The summed E-state index contributed by atoms with van der Waals surface area (Å²) in [6, 6.07) is 12.2. The van der Waals surface area contributed by atoms with E-state index in [1.54, 1.807) is 6.07 Å². The third kappa shape index (κ3) is 4.86. The highest BCUT2D eigenvalue weighted by Gasteiger charge is 2.19. The summed E-state index contributed by atoms with van der Waals surface area (Å²) in [4.78, 5) is 17.0. The number of benzene rings is 2. The van der Waals surface area contributed by atoms with Gasteiger partial charge in [-0.25, -0.2) is 18.1 Å². The second-order valence-electron chi connectivity index (χ2n) is 7.43. The molecule has 2 aromatic carbocycles. The maximum atomic E-state index is 12.6. The van der Waals surface area contributed by atoms with Gasteiger partial charge < -0.3 is 14.0 Å². The monoisotopic (exact) mass is 458 g/mol. The molecule has 0 spiro atoms. The molecule has 1 amide bonds. The van der Waals surface area contributed by atoms with E-state index in [9.17, 15) is 13.2 Å². The molecule has 2 heterocycles. The number of imidazole rings is 1. The van der Waals surface area contributed by atoms with Crippen molar-refractivity contribution in [3.63, 3.8) is 0 Å². The van der Waals surface area contributed by atoms with Gasteiger partial charge in [0.2, 0.25) is 21.9 Å². The Bertz CT molecular complexity index is 1220. The van der Waals surface area contributed by atoms with Crippen molar-refractivity contribution in [3.8, 4) is 11.5 Å². The summed E-state index contributed by atoms with van der Waals surface area (Å²) in [5, 5.41) is 2.80. The molecule has 0 atom stereocenters. The van der Waals surface area contributed by atoms with Crippen LogP contribution in [0.15, 0.2) is 47.4 Å². The lowest BCUT2D eigenvalue weighted by molar-refractivity contribution is -0.116. The molecule has 2 N–H and O–H groups in total. The number of ether oxygens (including phenoxy) is 2. The molecule has 0 saturated heterocycles. The molecule has 4 rings (SSSR count). The number of hydrogen-bond acceptors (Lipinski definition) is 6. The average Bonchev–Trinajstić information content (AvgIpc) is 2.95. The van der Waals surface area contributed by atoms with Crippen LogP contribution in [0.25, 0.3) is 11.0 Å². The Kier molecular flexibility index (Phi) is 6.61. The van der Waals surface area contributed by atoms with Crippen molar-refractivity contribution in [2.45, 2.75) is 37.6 Å². The van der Waals surface area contributed by atoms with Gasteiger partial charge in [0.25, 0.3) is 0 Å². The molecule has 10 heteroatoms. The number of hydrogen-bond donors (Lipinski definition) is 2. The van der Waals surface area contributed by atoms with Gasteiger partial charge in [-0.05, 0) is 30.7 Å². The number of anilines is 1. The largest absolute Gasteiger partial charge is 0.490 e. The molecule has 1 aliphatic heterocycles. The zero-order valence-electron chi connectivity index (χ0n) is 17.8. The molecule has 9 nitrogen and oxygen atoms in total. The van der Waals surface area contributed by atoms with E-state index in [-0.39, 0.29) is 23.8 Å². The van der Waals surface area contributed by atoms with E-state index < -0.39 is 10.0 Å². The third-order valence-electron chi connectivity index (χ3n) is 5.03. The molecule has 32 heavy (non-hydrogen) atoms. The van der Waals surface area contributed by atoms with E-state index in [1.807, 2.05) is 28.8 Å². The van der Waals surface area contributed by atoms with Crippen LogP contribution in [0.5, 0.6) is 11.5 Å². The van der Waals surface area contributed by atoms with Crippen LogP contribution < -0.4 is 19.5 Å². The second kappa shape index (κ2) is 9.58. The van der Waals surface area contributed by atoms with Gasteiger partial charge in [-0.3, -0.25) is 10.1 Å². The summed E-state index contributed by atoms with van der Waals surface area (Å²) in [7, 11) is -3.80. The number of para-hydroxylation sites is 2. The highest BCUT2D eigenvalue weighted by molar-refractivity contribution is 7.89. The number of nitrogens with one attached hydrogen (secondary N) is 2. The van der Waals surface area contributed by atoms with Crippen LogP contribution >= 0.6 is 0 Å². The van der Waals surface area contributed by atoms with E-state index in [0.717, 1.165) is 23.9 Å². The van der Waals surface area contributed by atoms with Gasteiger partial charge in [0.15, 0.2) is 11.5 Å². The number of aromatic nitrogens is 2. The van der Waals surface area contributed by atoms with Gasteiger partial charge in [0.05, 0.1) is 29.1 Å². The topological polar surface area (TPSA) is 112 Å². The van der Waals surface area contributed by atoms with E-state index in [4.69, 9.17) is 9.47 Å². The number of carbonyl (C=O) groups is 1. The number of carbonyl (C=O) groups excluding carboxylic acids is 1. The molecular formula is C22H26N4O5S. The van der Waals surface area contributed by atoms with Crippen molar-refractivity contribution in [2.24, 2.45) is 0 Å². The van der Waals surface area contributed by atoms with Crippen molar-refractivity contribution >= 4 is 32.9 Å².